The number of rotatable bonds is 5. The van der Waals surface area contributed by atoms with Crippen LogP contribution in [-0.4, -0.2) is 58.9 Å². The van der Waals surface area contributed by atoms with E-state index >= 15 is 0 Å². The van der Waals surface area contributed by atoms with Crippen molar-refractivity contribution in [1.82, 2.24) is 19.7 Å². The minimum absolute atomic E-state index is 0.00628. The van der Waals surface area contributed by atoms with Crippen molar-refractivity contribution in [2.24, 2.45) is 0 Å². The summed E-state index contributed by atoms with van der Waals surface area (Å²) in [4.78, 5) is 17.1. The van der Waals surface area contributed by atoms with Crippen molar-refractivity contribution < 1.29 is 13.9 Å². The fraction of sp³-hybridized carbons (Fsp3) is 0.318. The Morgan fingerprint density at radius 2 is 1.84 bits per heavy atom. The second-order valence-corrected chi connectivity index (χ2v) is 7.75. The Balaban J connectivity index is 1.45. The number of hydrogen-bond acceptors (Lipinski definition) is 5. The van der Waals surface area contributed by atoms with Crippen LogP contribution in [0, 0.1) is 10.6 Å². The lowest BCUT2D eigenvalue weighted by molar-refractivity contribution is -0.131. The first-order chi connectivity index (χ1) is 15.0. The third-order valence-corrected chi connectivity index (χ3v) is 5.75. The highest BCUT2D eigenvalue weighted by atomic mass is 32.1. The molecule has 2 aromatic carbocycles. The largest absolute Gasteiger partial charge is 0.497 e. The molecular formula is C22H24FN5O2S. The quantitative estimate of drug-likeness (QED) is 0.614. The number of ether oxygens (including phenoxy) is 1. The van der Waals surface area contributed by atoms with Crippen molar-refractivity contribution in [1.29, 1.82) is 0 Å². The monoisotopic (exact) mass is 441 g/mol. The van der Waals surface area contributed by atoms with Gasteiger partial charge in [0.25, 0.3) is 0 Å². The summed E-state index contributed by atoms with van der Waals surface area (Å²) in [6.45, 7) is 2.89. The first kappa shape index (κ1) is 21.0. The van der Waals surface area contributed by atoms with Crippen molar-refractivity contribution >= 4 is 23.8 Å². The normalized spacial score (nSPS) is 14.4. The van der Waals surface area contributed by atoms with Crippen LogP contribution in [0.3, 0.4) is 0 Å². The van der Waals surface area contributed by atoms with Crippen LogP contribution in [0.2, 0.25) is 0 Å². The minimum atomic E-state index is -0.250. The van der Waals surface area contributed by atoms with Crippen LogP contribution in [0.4, 0.5) is 10.1 Å². The van der Waals surface area contributed by atoms with Gasteiger partial charge in [0.15, 0.2) is 10.6 Å². The molecule has 1 N–H and O–H groups in total. The van der Waals surface area contributed by atoms with Gasteiger partial charge < -0.3 is 14.5 Å². The number of H-pyrrole nitrogens is 1. The van der Waals surface area contributed by atoms with Crippen molar-refractivity contribution in [3.8, 4) is 17.1 Å². The first-order valence-corrected chi connectivity index (χ1v) is 10.5. The van der Waals surface area contributed by atoms with Crippen LogP contribution in [0.25, 0.3) is 11.4 Å². The van der Waals surface area contributed by atoms with E-state index in [1.807, 2.05) is 29.2 Å². The smallest absolute Gasteiger partial charge is 0.242 e. The molecule has 3 aromatic rings. The van der Waals surface area contributed by atoms with E-state index in [0.717, 1.165) is 30.0 Å². The number of amides is 1. The minimum Gasteiger partial charge on any atom is -0.497 e. The maximum atomic E-state index is 13.2. The highest BCUT2D eigenvalue weighted by molar-refractivity contribution is 7.71. The zero-order valence-corrected chi connectivity index (χ0v) is 18.1. The zero-order valence-electron chi connectivity index (χ0n) is 17.3. The molecule has 7 nitrogen and oxygen atoms in total. The number of anilines is 1. The van der Waals surface area contributed by atoms with Gasteiger partial charge in [0.1, 0.15) is 18.1 Å². The van der Waals surface area contributed by atoms with Gasteiger partial charge in [0, 0.05) is 37.4 Å². The van der Waals surface area contributed by atoms with Gasteiger partial charge in [-0.2, -0.15) is 5.10 Å². The van der Waals surface area contributed by atoms with Gasteiger partial charge >= 0.3 is 0 Å². The Bertz CT molecular complexity index is 1090. The van der Waals surface area contributed by atoms with Gasteiger partial charge in [-0.1, -0.05) is 0 Å². The third kappa shape index (κ3) is 4.77. The number of nitrogens with zero attached hydrogens (tertiary/aromatic N) is 4. The van der Waals surface area contributed by atoms with Crippen LogP contribution >= 0.6 is 12.2 Å². The number of aromatic amines is 1. The molecule has 0 spiro atoms. The summed E-state index contributed by atoms with van der Waals surface area (Å²) in [5.41, 5.74) is 1.81. The Labute approximate surface area is 185 Å². The molecule has 162 valence electrons. The van der Waals surface area contributed by atoms with Crippen molar-refractivity contribution in [2.75, 3.05) is 38.2 Å². The maximum Gasteiger partial charge on any atom is 0.242 e. The van der Waals surface area contributed by atoms with Crippen LogP contribution in [-0.2, 0) is 11.3 Å². The number of aromatic nitrogens is 3. The molecule has 0 saturated carbocycles. The third-order valence-electron chi connectivity index (χ3n) is 5.44. The molecule has 0 unspecified atom stereocenters. The summed E-state index contributed by atoms with van der Waals surface area (Å²) in [5, 5.41) is 7.11. The number of halogens is 1. The Morgan fingerprint density at radius 3 is 2.55 bits per heavy atom. The zero-order chi connectivity index (χ0) is 21.8. The summed E-state index contributed by atoms with van der Waals surface area (Å²) < 4.78 is 20.5. The summed E-state index contributed by atoms with van der Waals surface area (Å²) in [6, 6.07) is 13.9. The van der Waals surface area contributed by atoms with E-state index in [1.54, 1.807) is 23.8 Å². The Morgan fingerprint density at radius 1 is 1.10 bits per heavy atom. The highest BCUT2D eigenvalue weighted by Crippen LogP contribution is 2.22. The van der Waals surface area contributed by atoms with E-state index in [0.29, 0.717) is 30.2 Å². The number of carbonyl (C=O) groups is 1. The van der Waals surface area contributed by atoms with Gasteiger partial charge in [0.05, 0.1) is 7.11 Å². The molecule has 0 bridgehead atoms. The van der Waals surface area contributed by atoms with Crippen LogP contribution in [0.5, 0.6) is 5.75 Å². The van der Waals surface area contributed by atoms with Gasteiger partial charge in [-0.05, 0) is 67.2 Å². The van der Waals surface area contributed by atoms with E-state index in [1.165, 1.54) is 12.1 Å². The summed E-state index contributed by atoms with van der Waals surface area (Å²) in [5.74, 6) is 1.10. The number of nitrogens with one attached hydrogen (secondary N) is 1. The van der Waals surface area contributed by atoms with Gasteiger partial charge in [0.2, 0.25) is 5.91 Å². The predicted octanol–water partition coefficient (Wildman–Crippen LogP) is 3.49. The van der Waals surface area contributed by atoms with E-state index in [4.69, 9.17) is 17.0 Å². The maximum absolute atomic E-state index is 13.2. The molecule has 0 aliphatic carbocycles. The second kappa shape index (κ2) is 9.30. The van der Waals surface area contributed by atoms with Gasteiger partial charge in [-0.25, -0.2) is 4.39 Å². The van der Waals surface area contributed by atoms with Gasteiger partial charge in [-0.3, -0.25) is 14.5 Å². The van der Waals surface area contributed by atoms with E-state index in [2.05, 4.69) is 15.1 Å². The number of benzene rings is 2. The standard InChI is InChI=1S/C22H24FN5O2S/c1-30-19-9-3-16(4-10-19)21-24-25-22(31)28(21)15-20(29)27-12-2-11-26(13-14-27)18-7-5-17(23)6-8-18/h3-10H,2,11-15H2,1H3,(H,25,31). The topological polar surface area (TPSA) is 66.4 Å². The summed E-state index contributed by atoms with van der Waals surface area (Å²) in [6.07, 6.45) is 0.839. The molecule has 1 amide bonds. The highest BCUT2D eigenvalue weighted by Gasteiger charge is 2.21. The first-order valence-electron chi connectivity index (χ1n) is 10.1. The summed E-state index contributed by atoms with van der Waals surface area (Å²) >= 11 is 5.37. The molecular weight excluding hydrogens is 417 g/mol. The predicted molar refractivity (Wildman–Crippen MR) is 119 cm³/mol. The number of hydrogen-bond donors (Lipinski definition) is 1. The molecule has 2 heterocycles. The Hall–Kier alpha value is -3.20. The average molecular weight is 442 g/mol. The SMILES string of the molecule is COc1ccc(-c2n[nH]c(=S)n2CC(=O)N2CCCN(c3ccc(F)cc3)CC2)cc1. The lowest BCUT2D eigenvalue weighted by atomic mass is 10.2. The van der Waals surface area contributed by atoms with Crippen molar-refractivity contribution in [3.63, 3.8) is 0 Å². The van der Waals surface area contributed by atoms with E-state index in [9.17, 15) is 9.18 Å². The molecule has 1 fully saturated rings. The van der Waals surface area contributed by atoms with Crippen LogP contribution in [0.15, 0.2) is 48.5 Å². The van der Waals surface area contributed by atoms with Crippen LogP contribution < -0.4 is 9.64 Å². The molecule has 1 aromatic heterocycles. The molecule has 0 atom stereocenters. The van der Waals surface area contributed by atoms with Crippen molar-refractivity contribution in [2.45, 2.75) is 13.0 Å². The average Bonchev–Trinajstić information content (AvgIpc) is 2.99. The Kier molecular flexibility index (Phi) is 6.31. The number of carbonyl (C=O) groups excluding carboxylic acids is 1. The fourth-order valence-corrected chi connectivity index (χ4v) is 3.93. The number of methoxy groups -OCH3 is 1. The molecule has 1 saturated heterocycles. The van der Waals surface area contributed by atoms with Crippen LogP contribution in [0.1, 0.15) is 6.42 Å². The van der Waals surface area contributed by atoms with Gasteiger partial charge in [-0.15, -0.1) is 0 Å². The second-order valence-electron chi connectivity index (χ2n) is 7.36. The van der Waals surface area contributed by atoms with E-state index < -0.39 is 0 Å². The van der Waals surface area contributed by atoms with Crippen molar-refractivity contribution in [3.05, 3.63) is 59.1 Å². The lowest BCUT2D eigenvalue weighted by Crippen LogP contribution is -2.37. The molecule has 9 heteroatoms. The lowest BCUT2D eigenvalue weighted by Gasteiger charge is -2.24. The molecule has 4 rings (SSSR count). The fourth-order valence-electron chi connectivity index (χ4n) is 3.74. The summed E-state index contributed by atoms with van der Waals surface area (Å²) in [7, 11) is 1.61. The molecule has 0 radical (unpaired) electrons. The molecule has 1 aliphatic rings. The molecule has 31 heavy (non-hydrogen) atoms. The van der Waals surface area contributed by atoms with E-state index in [-0.39, 0.29) is 18.3 Å². The molecule has 1 aliphatic heterocycles.